The number of rotatable bonds is 6. The van der Waals surface area contributed by atoms with Crippen LogP contribution >= 0.6 is 0 Å². The summed E-state index contributed by atoms with van der Waals surface area (Å²) in [5.41, 5.74) is 13.5. The van der Waals surface area contributed by atoms with Gasteiger partial charge in [-0.2, -0.15) is 0 Å². The summed E-state index contributed by atoms with van der Waals surface area (Å²) < 4.78 is 4.93. The number of aromatic nitrogens is 2. The van der Waals surface area contributed by atoms with Gasteiger partial charge in [0.15, 0.2) is 5.84 Å². The van der Waals surface area contributed by atoms with Gasteiger partial charge in [0.05, 0.1) is 33.8 Å². The number of nitrogens with one attached hydrogen (secondary N) is 1. The molecule has 13 rings (SSSR count). The highest BCUT2D eigenvalue weighted by Gasteiger charge is 2.40. The highest BCUT2D eigenvalue weighted by Crippen LogP contribution is 2.53. The van der Waals surface area contributed by atoms with Crippen LogP contribution < -0.4 is 10.2 Å². The summed E-state index contributed by atoms with van der Waals surface area (Å²) in [6.45, 7) is 0. The lowest BCUT2D eigenvalue weighted by atomic mass is 9.91. The van der Waals surface area contributed by atoms with Gasteiger partial charge in [-0.25, -0.2) is 9.98 Å². The number of nitrogens with zero attached hydrogens (tertiary/aromatic N) is 5. The number of amidine groups is 2. The number of para-hydroxylation sites is 4. The first-order chi connectivity index (χ1) is 31.3. The first-order valence-electron chi connectivity index (χ1n) is 21.7. The van der Waals surface area contributed by atoms with Crippen LogP contribution in [0.15, 0.2) is 228 Å². The van der Waals surface area contributed by atoms with Crippen molar-refractivity contribution >= 4 is 66.7 Å². The van der Waals surface area contributed by atoms with Crippen LogP contribution in [0.1, 0.15) is 34.3 Å². The van der Waals surface area contributed by atoms with Crippen LogP contribution in [0.25, 0.3) is 55.0 Å². The summed E-state index contributed by atoms with van der Waals surface area (Å²) in [4.78, 5) is 13.1. The Hall–Kier alpha value is -8.22. The Labute approximate surface area is 364 Å². The molecular formula is C57H40N6. The maximum atomic E-state index is 5.36. The molecule has 2 aromatic heterocycles. The van der Waals surface area contributed by atoms with Crippen LogP contribution in [0, 0.1) is 0 Å². The summed E-state index contributed by atoms with van der Waals surface area (Å²) in [6.07, 6.45) is 8.79. The van der Waals surface area contributed by atoms with Gasteiger partial charge in [-0.05, 0) is 59.7 Å². The van der Waals surface area contributed by atoms with Crippen molar-refractivity contribution in [1.82, 2.24) is 14.5 Å². The minimum absolute atomic E-state index is 0.148. The largest absolute Gasteiger partial charge is 0.344 e. The molecule has 6 nitrogen and oxygen atoms in total. The van der Waals surface area contributed by atoms with E-state index in [1.807, 2.05) is 12.1 Å². The number of hydrogen-bond acceptors (Lipinski definition) is 4. The summed E-state index contributed by atoms with van der Waals surface area (Å²) in [7, 11) is 0. The Bertz CT molecular complexity index is 3500. The van der Waals surface area contributed by atoms with Crippen molar-refractivity contribution in [3.63, 3.8) is 0 Å². The van der Waals surface area contributed by atoms with E-state index in [-0.39, 0.29) is 18.1 Å². The smallest absolute Gasteiger partial charge is 0.159 e. The van der Waals surface area contributed by atoms with Crippen LogP contribution in [-0.2, 0) is 0 Å². The minimum atomic E-state index is -0.338. The van der Waals surface area contributed by atoms with E-state index in [1.165, 1.54) is 44.0 Å². The van der Waals surface area contributed by atoms with E-state index < -0.39 is 0 Å². The van der Waals surface area contributed by atoms with Crippen LogP contribution in [0.2, 0.25) is 0 Å². The monoisotopic (exact) mass is 808 g/mol. The number of hydrogen-bond donors (Lipinski definition) is 1. The van der Waals surface area contributed by atoms with E-state index in [4.69, 9.17) is 9.98 Å². The van der Waals surface area contributed by atoms with E-state index in [9.17, 15) is 0 Å². The molecule has 2 aliphatic heterocycles. The van der Waals surface area contributed by atoms with Crippen molar-refractivity contribution in [3.8, 4) is 11.4 Å². The lowest BCUT2D eigenvalue weighted by Crippen LogP contribution is -2.33. The molecule has 0 fully saturated rings. The van der Waals surface area contributed by atoms with Gasteiger partial charge in [0.2, 0.25) is 0 Å². The second-order valence-electron chi connectivity index (χ2n) is 16.6. The van der Waals surface area contributed by atoms with Gasteiger partial charge in [-0.1, -0.05) is 170 Å². The highest BCUT2D eigenvalue weighted by atomic mass is 15.2. The zero-order valence-electron chi connectivity index (χ0n) is 34.3. The van der Waals surface area contributed by atoms with E-state index in [0.29, 0.717) is 5.84 Å². The van der Waals surface area contributed by atoms with E-state index in [2.05, 4.69) is 226 Å². The van der Waals surface area contributed by atoms with Gasteiger partial charge in [0.25, 0.3) is 0 Å². The number of allylic oxidation sites excluding steroid dienone is 2. The first-order valence-corrected chi connectivity index (χ1v) is 21.7. The van der Waals surface area contributed by atoms with Crippen molar-refractivity contribution < 1.29 is 0 Å². The molecule has 0 saturated carbocycles. The Morgan fingerprint density at radius 2 is 1.03 bits per heavy atom. The third kappa shape index (κ3) is 5.58. The molecule has 0 saturated heterocycles. The predicted octanol–water partition coefficient (Wildman–Crippen LogP) is 13.1. The lowest BCUT2D eigenvalue weighted by Gasteiger charge is -2.29. The number of aliphatic imine (C=N–C) groups is 2. The zero-order chi connectivity index (χ0) is 41.4. The molecule has 1 aliphatic carbocycles. The van der Waals surface area contributed by atoms with Gasteiger partial charge in [-0.3, -0.25) is 0 Å². The normalized spacial score (nSPS) is 17.8. The zero-order valence-corrected chi connectivity index (χ0v) is 34.3. The van der Waals surface area contributed by atoms with Crippen LogP contribution in [0.3, 0.4) is 0 Å². The minimum Gasteiger partial charge on any atom is -0.344 e. The fourth-order valence-corrected chi connectivity index (χ4v) is 10.3. The molecule has 4 heterocycles. The molecule has 63 heavy (non-hydrogen) atoms. The molecule has 10 aromatic rings. The molecule has 3 atom stereocenters. The molecule has 298 valence electrons. The molecule has 0 bridgehead atoms. The number of anilines is 2. The first kappa shape index (κ1) is 35.5. The van der Waals surface area contributed by atoms with Crippen LogP contribution in [0.4, 0.5) is 11.4 Å². The molecule has 1 N–H and O–H groups in total. The average molecular weight is 809 g/mol. The quantitative estimate of drug-likeness (QED) is 0.182. The van der Waals surface area contributed by atoms with Crippen molar-refractivity contribution in [2.24, 2.45) is 9.98 Å². The standard InChI is InChI=1S/C57H40N6/c1-4-18-37(19-5-1)55-58-56(38-20-6-2-7-21-38)60-57(59-55)39-34-41(61-49-28-14-10-24-43(49)44-25-11-15-29-50(44)61)36-42(35-39)63-52-31-17-13-27-46(52)48-33-32-47-45-26-12-16-30-51(45)62(53(47)54(48)63)40-22-8-3-9-23-40/h1-36,45,51,55H,(H,58,59,60). The second kappa shape index (κ2) is 14.2. The topological polar surface area (TPSA) is 49.9 Å². The molecule has 6 heteroatoms. The Morgan fingerprint density at radius 3 is 1.73 bits per heavy atom. The van der Waals surface area contributed by atoms with E-state index in [0.717, 1.165) is 50.5 Å². The molecule has 0 spiro atoms. The van der Waals surface area contributed by atoms with Gasteiger partial charge >= 0.3 is 0 Å². The maximum absolute atomic E-state index is 5.36. The van der Waals surface area contributed by atoms with E-state index >= 15 is 0 Å². The highest BCUT2D eigenvalue weighted by molar-refractivity contribution is 6.17. The summed E-state index contributed by atoms with van der Waals surface area (Å²) in [5, 5.41) is 8.67. The van der Waals surface area contributed by atoms with Crippen LogP contribution in [0.5, 0.6) is 0 Å². The number of benzene rings is 8. The fourth-order valence-electron chi connectivity index (χ4n) is 10.3. The Morgan fingerprint density at radius 1 is 0.460 bits per heavy atom. The Kier molecular flexibility index (Phi) is 8.00. The SMILES string of the molecule is C1=CC2c3ccc4c5ccccc5n(-c5cc(C6=NC(c7ccccc7)=NC(c7ccccc7)N6)cc(-n6c7ccccc7c7ccccc76)c5)c4c3N(c3ccccc3)C2C=C1. The summed E-state index contributed by atoms with van der Waals surface area (Å²) >= 11 is 0. The van der Waals surface area contributed by atoms with Crippen molar-refractivity contribution in [3.05, 3.63) is 241 Å². The fraction of sp³-hybridized carbons (Fsp3) is 0.0526. The van der Waals surface area contributed by atoms with Crippen molar-refractivity contribution in [1.29, 1.82) is 0 Å². The molecule has 3 aliphatic rings. The summed E-state index contributed by atoms with van der Waals surface area (Å²) in [5.74, 6) is 1.67. The number of fused-ring (bicyclic) bond motifs is 10. The van der Waals surface area contributed by atoms with E-state index in [1.54, 1.807) is 0 Å². The van der Waals surface area contributed by atoms with Gasteiger partial charge in [0, 0.05) is 55.7 Å². The maximum Gasteiger partial charge on any atom is 0.159 e. The molecule has 0 amide bonds. The van der Waals surface area contributed by atoms with Crippen molar-refractivity contribution in [2.45, 2.75) is 18.1 Å². The predicted molar refractivity (Wildman–Crippen MR) is 260 cm³/mol. The molecule has 3 unspecified atom stereocenters. The Balaban J connectivity index is 1.13. The van der Waals surface area contributed by atoms with Crippen LogP contribution in [-0.4, -0.2) is 26.8 Å². The average Bonchev–Trinajstić information content (AvgIpc) is 4.01. The van der Waals surface area contributed by atoms with Crippen molar-refractivity contribution in [2.75, 3.05) is 4.90 Å². The summed E-state index contributed by atoms with van der Waals surface area (Å²) in [6, 6.07) is 69.8. The molecule has 8 aromatic carbocycles. The molecular weight excluding hydrogens is 769 g/mol. The third-order valence-corrected chi connectivity index (χ3v) is 13.0. The third-order valence-electron chi connectivity index (χ3n) is 13.0. The van der Waals surface area contributed by atoms with Gasteiger partial charge < -0.3 is 19.4 Å². The lowest BCUT2D eigenvalue weighted by molar-refractivity contribution is 0.674. The van der Waals surface area contributed by atoms with Gasteiger partial charge in [0.1, 0.15) is 12.0 Å². The second-order valence-corrected chi connectivity index (χ2v) is 16.6. The molecule has 0 radical (unpaired) electrons. The van der Waals surface area contributed by atoms with Gasteiger partial charge in [-0.15, -0.1) is 0 Å².